The first-order valence-corrected chi connectivity index (χ1v) is 8.39. The van der Waals surface area contributed by atoms with Crippen LogP contribution in [-0.2, 0) is 0 Å². The van der Waals surface area contributed by atoms with Crippen molar-refractivity contribution >= 4 is 56.3 Å². The smallest absolute Gasteiger partial charge is 0.259 e. The van der Waals surface area contributed by atoms with Gasteiger partial charge in [0.15, 0.2) is 0 Å². The molecule has 1 aliphatic heterocycles. The van der Waals surface area contributed by atoms with Crippen molar-refractivity contribution in [3.63, 3.8) is 0 Å². The molecule has 0 aliphatic carbocycles. The zero-order valence-corrected chi connectivity index (χ0v) is 13.1. The molecule has 2 aromatic rings. The van der Waals surface area contributed by atoms with E-state index in [2.05, 4.69) is 15.9 Å². The highest BCUT2D eigenvalue weighted by Crippen LogP contribution is 2.37. The summed E-state index contributed by atoms with van der Waals surface area (Å²) in [4.78, 5) is 15.5. The Morgan fingerprint density at radius 2 is 2.21 bits per heavy atom. The molecule has 0 radical (unpaired) electrons. The van der Waals surface area contributed by atoms with Crippen molar-refractivity contribution in [2.45, 2.75) is 4.90 Å². The van der Waals surface area contributed by atoms with Crippen LogP contribution in [0.1, 0.15) is 10.4 Å². The van der Waals surface area contributed by atoms with Crippen LogP contribution in [-0.4, -0.2) is 18.2 Å². The van der Waals surface area contributed by atoms with Gasteiger partial charge in [0.1, 0.15) is 0 Å². The SMILES string of the molecule is Nc1ccc2c(c1)N(C(=O)c1csc(Br)c1)CCS2. The number of amides is 1. The number of rotatable bonds is 1. The van der Waals surface area contributed by atoms with Gasteiger partial charge in [-0.3, -0.25) is 4.79 Å². The Kier molecular flexibility index (Phi) is 3.56. The first-order valence-electron chi connectivity index (χ1n) is 5.73. The Balaban J connectivity index is 1.99. The molecular formula is C13H11BrN2OS2. The lowest BCUT2D eigenvalue weighted by atomic mass is 10.2. The largest absolute Gasteiger partial charge is 0.399 e. The Hall–Kier alpha value is -0.980. The van der Waals surface area contributed by atoms with Crippen LogP contribution in [0, 0.1) is 0 Å². The molecule has 0 spiro atoms. The number of hydrogen-bond donors (Lipinski definition) is 1. The molecule has 3 nitrogen and oxygen atoms in total. The van der Waals surface area contributed by atoms with Gasteiger partial charge in [0.2, 0.25) is 0 Å². The molecule has 2 heterocycles. The number of nitrogens with two attached hydrogens (primary N) is 1. The Morgan fingerprint density at radius 3 is 2.95 bits per heavy atom. The maximum Gasteiger partial charge on any atom is 0.259 e. The molecule has 1 aromatic carbocycles. The number of nitrogen functional groups attached to an aromatic ring is 1. The Bertz CT molecular complexity index is 641. The van der Waals surface area contributed by atoms with Gasteiger partial charge >= 0.3 is 0 Å². The van der Waals surface area contributed by atoms with Crippen LogP contribution in [0.5, 0.6) is 0 Å². The summed E-state index contributed by atoms with van der Waals surface area (Å²) in [6.07, 6.45) is 0. The van der Waals surface area contributed by atoms with Crippen molar-refractivity contribution in [3.8, 4) is 0 Å². The number of benzene rings is 1. The fraction of sp³-hybridized carbons (Fsp3) is 0.154. The summed E-state index contributed by atoms with van der Waals surface area (Å²) in [5, 5.41) is 1.88. The summed E-state index contributed by atoms with van der Waals surface area (Å²) in [5.41, 5.74) is 8.16. The molecule has 0 saturated carbocycles. The summed E-state index contributed by atoms with van der Waals surface area (Å²) in [6.45, 7) is 0.716. The molecule has 6 heteroatoms. The van der Waals surface area contributed by atoms with Crippen LogP contribution in [0.15, 0.2) is 38.3 Å². The molecule has 1 aliphatic rings. The molecule has 0 fully saturated rings. The van der Waals surface area contributed by atoms with E-state index in [1.54, 1.807) is 11.8 Å². The molecule has 1 amide bonds. The molecule has 2 N–H and O–H groups in total. The van der Waals surface area contributed by atoms with Crippen molar-refractivity contribution < 1.29 is 4.79 Å². The van der Waals surface area contributed by atoms with Crippen LogP contribution in [0.4, 0.5) is 11.4 Å². The predicted molar refractivity (Wildman–Crippen MR) is 85.3 cm³/mol. The van der Waals surface area contributed by atoms with E-state index in [1.165, 1.54) is 11.3 Å². The van der Waals surface area contributed by atoms with E-state index < -0.39 is 0 Å². The average Bonchev–Trinajstić information content (AvgIpc) is 2.84. The van der Waals surface area contributed by atoms with Crippen LogP contribution >= 0.6 is 39.0 Å². The van der Waals surface area contributed by atoms with Crippen molar-refractivity contribution in [1.82, 2.24) is 0 Å². The number of thiophene rings is 1. The molecule has 0 saturated heterocycles. The van der Waals surface area contributed by atoms with Gasteiger partial charge in [-0.15, -0.1) is 23.1 Å². The second-order valence-corrected chi connectivity index (χ2v) is 7.60. The first kappa shape index (κ1) is 13.0. The Labute approximate surface area is 127 Å². The Morgan fingerprint density at radius 1 is 1.37 bits per heavy atom. The van der Waals surface area contributed by atoms with E-state index >= 15 is 0 Å². The van der Waals surface area contributed by atoms with Gasteiger partial charge < -0.3 is 10.6 Å². The zero-order valence-electron chi connectivity index (χ0n) is 9.93. The summed E-state index contributed by atoms with van der Waals surface area (Å²) < 4.78 is 0.968. The number of anilines is 2. The predicted octanol–water partition coefficient (Wildman–Crippen LogP) is 3.85. The minimum atomic E-state index is 0.0362. The van der Waals surface area contributed by atoms with Crippen molar-refractivity contribution in [2.24, 2.45) is 0 Å². The number of carbonyl (C=O) groups is 1. The van der Waals surface area contributed by atoms with Crippen LogP contribution < -0.4 is 10.6 Å². The van der Waals surface area contributed by atoms with Crippen molar-refractivity contribution in [1.29, 1.82) is 0 Å². The van der Waals surface area contributed by atoms with E-state index in [1.807, 2.05) is 34.5 Å². The lowest BCUT2D eigenvalue weighted by molar-refractivity contribution is 0.0988. The zero-order chi connectivity index (χ0) is 13.4. The maximum absolute atomic E-state index is 12.5. The first-order chi connectivity index (χ1) is 9.15. The van der Waals surface area contributed by atoms with Crippen LogP contribution in [0.25, 0.3) is 0 Å². The van der Waals surface area contributed by atoms with E-state index in [-0.39, 0.29) is 5.91 Å². The monoisotopic (exact) mass is 354 g/mol. The highest BCUT2D eigenvalue weighted by atomic mass is 79.9. The maximum atomic E-state index is 12.5. The normalized spacial score (nSPS) is 14.3. The van der Waals surface area contributed by atoms with Gasteiger partial charge in [-0.25, -0.2) is 0 Å². The summed E-state index contributed by atoms with van der Waals surface area (Å²) in [5.74, 6) is 0.947. The second-order valence-electron chi connectivity index (χ2n) is 4.17. The summed E-state index contributed by atoms with van der Waals surface area (Å²) >= 11 is 6.67. The highest BCUT2D eigenvalue weighted by Gasteiger charge is 2.24. The van der Waals surface area contributed by atoms with Crippen molar-refractivity contribution in [3.05, 3.63) is 39.0 Å². The number of hydrogen-bond acceptors (Lipinski definition) is 4. The molecule has 98 valence electrons. The lowest BCUT2D eigenvalue weighted by Gasteiger charge is -2.29. The fourth-order valence-corrected chi connectivity index (χ4v) is 4.13. The molecule has 1 aromatic heterocycles. The average molecular weight is 355 g/mol. The van der Waals surface area contributed by atoms with Gasteiger partial charge in [-0.05, 0) is 40.2 Å². The third kappa shape index (κ3) is 2.52. The lowest BCUT2D eigenvalue weighted by Crippen LogP contribution is -2.35. The number of halogens is 1. The summed E-state index contributed by atoms with van der Waals surface area (Å²) in [6, 6.07) is 7.60. The molecule has 0 bridgehead atoms. The molecule has 19 heavy (non-hydrogen) atoms. The van der Waals surface area contributed by atoms with Gasteiger partial charge in [0, 0.05) is 28.3 Å². The van der Waals surface area contributed by atoms with E-state index in [9.17, 15) is 4.79 Å². The summed E-state index contributed by atoms with van der Waals surface area (Å²) in [7, 11) is 0. The third-order valence-corrected chi connectivity index (χ3v) is 5.45. The van der Waals surface area contributed by atoms with Crippen molar-refractivity contribution in [2.75, 3.05) is 22.9 Å². The quantitative estimate of drug-likeness (QED) is 0.791. The fourth-order valence-electron chi connectivity index (χ4n) is 2.02. The molecule has 0 unspecified atom stereocenters. The number of thioether (sulfide) groups is 1. The number of fused-ring (bicyclic) bond motifs is 1. The molecule has 0 atom stereocenters. The standard InChI is InChI=1S/C13H11BrN2OS2/c14-12-5-8(7-19-12)13(17)16-3-4-18-11-2-1-9(15)6-10(11)16/h1-2,5-7H,3-4,15H2. The van der Waals surface area contributed by atoms with E-state index in [4.69, 9.17) is 5.73 Å². The minimum Gasteiger partial charge on any atom is -0.399 e. The van der Waals surface area contributed by atoms with Gasteiger partial charge in [-0.2, -0.15) is 0 Å². The van der Waals surface area contributed by atoms with Gasteiger partial charge in [-0.1, -0.05) is 0 Å². The minimum absolute atomic E-state index is 0.0362. The second kappa shape index (κ2) is 5.19. The number of carbonyl (C=O) groups excluding carboxylic acids is 1. The highest BCUT2D eigenvalue weighted by molar-refractivity contribution is 9.11. The van der Waals surface area contributed by atoms with Crippen LogP contribution in [0.2, 0.25) is 0 Å². The third-order valence-electron chi connectivity index (χ3n) is 2.91. The van der Waals surface area contributed by atoms with E-state index in [0.717, 1.165) is 25.7 Å². The molecular weight excluding hydrogens is 344 g/mol. The van der Waals surface area contributed by atoms with Gasteiger partial charge in [0.25, 0.3) is 5.91 Å². The van der Waals surface area contributed by atoms with E-state index in [0.29, 0.717) is 12.2 Å². The molecule has 3 rings (SSSR count). The number of nitrogens with zero attached hydrogens (tertiary/aromatic N) is 1. The topological polar surface area (TPSA) is 46.3 Å². The van der Waals surface area contributed by atoms with Crippen LogP contribution in [0.3, 0.4) is 0 Å². The van der Waals surface area contributed by atoms with Gasteiger partial charge in [0.05, 0.1) is 15.0 Å².